The maximum absolute atomic E-state index is 12.6. The Morgan fingerprint density at radius 1 is 1.70 bits per heavy atom. The van der Waals surface area contributed by atoms with Gasteiger partial charge in [-0.1, -0.05) is 0 Å². The van der Waals surface area contributed by atoms with Crippen molar-refractivity contribution < 1.29 is 13.9 Å². The minimum Gasteiger partial charge on any atom is -0.369 e. The lowest BCUT2D eigenvalue weighted by Gasteiger charge is -2.22. The lowest BCUT2D eigenvalue weighted by atomic mass is 10.0. The van der Waals surface area contributed by atoms with Crippen LogP contribution in [0.5, 0.6) is 0 Å². The van der Waals surface area contributed by atoms with Crippen LogP contribution in [0.4, 0.5) is 4.39 Å². The van der Waals surface area contributed by atoms with E-state index >= 15 is 0 Å². The van der Waals surface area contributed by atoms with Gasteiger partial charge in [-0.25, -0.2) is 4.39 Å². The van der Waals surface area contributed by atoms with Gasteiger partial charge >= 0.3 is 0 Å². The number of halogens is 1. The SMILES string of the molecule is NC(=O)C1CCCOC1F. The third kappa shape index (κ3) is 1.44. The first-order chi connectivity index (χ1) is 4.72. The maximum atomic E-state index is 12.6. The second-order valence-corrected chi connectivity index (χ2v) is 2.37. The van der Waals surface area contributed by atoms with Gasteiger partial charge < -0.3 is 10.5 Å². The number of rotatable bonds is 1. The molecule has 1 aliphatic heterocycles. The highest BCUT2D eigenvalue weighted by atomic mass is 19.1. The number of primary amides is 1. The molecule has 1 rings (SSSR count). The Balaban J connectivity index is 2.47. The summed E-state index contributed by atoms with van der Waals surface area (Å²) in [5.41, 5.74) is 4.90. The molecule has 0 aromatic carbocycles. The molecule has 10 heavy (non-hydrogen) atoms. The van der Waals surface area contributed by atoms with Gasteiger partial charge in [-0.3, -0.25) is 4.79 Å². The van der Waals surface area contributed by atoms with Crippen LogP contribution in [0.3, 0.4) is 0 Å². The molecule has 0 saturated carbocycles. The van der Waals surface area contributed by atoms with E-state index in [1.165, 1.54) is 0 Å². The lowest BCUT2D eigenvalue weighted by Crippen LogP contribution is -2.36. The molecule has 1 amide bonds. The van der Waals surface area contributed by atoms with E-state index in [-0.39, 0.29) is 0 Å². The molecule has 0 spiro atoms. The molecule has 3 nitrogen and oxygen atoms in total. The summed E-state index contributed by atoms with van der Waals surface area (Å²) in [5, 5.41) is 0. The highest BCUT2D eigenvalue weighted by Crippen LogP contribution is 2.20. The molecule has 1 saturated heterocycles. The molecule has 2 atom stereocenters. The molecule has 4 heteroatoms. The Labute approximate surface area is 58.3 Å². The number of hydrogen-bond donors (Lipinski definition) is 1. The van der Waals surface area contributed by atoms with E-state index in [1.807, 2.05) is 0 Å². The number of carbonyl (C=O) groups is 1. The zero-order valence-electron chi connectivity index (χ0n) is 5.55. The second kappa shape index (κ2) is 2.96. The molecule has 58 valence electrons. The van der Waals surface area contributed by atoms with Gasteiger partial charge in [-0.05, 0) is 12.8 Å². The molecule has 1 aliphatic rings. The van der Waals surface area contributed by atoms with Crippen molar-refractivity contribution in [1.82, 2.24) is 0 Å². The molecule has 0 aromatic heterocycles. The van der Waals surface area contributed by atoms with Crippen LogP contribution in [-0.4, -0.2) is 18.9 Å². The third-order valence-electron chi connectivity index (χ3n) is 1.62. The molecule has 2 unspecified atom stereocenters. The second-order valence-electron chi connectivity index (χ2n) is 2.37. The number of hydrogen-bond acceptors (Lipinski definition) is 2. The Bertz CT molecular complexity index is 140. The normalized spacial score (nSPS) is 33.7. The van der Waals surface area contributed by atoms with Crippen molar-refractivity contribution in [2.45, 2.75) is 19.2 Å². The highest BCUT2D eigenvalue weighted by molar-refractivity contribution is 5.77. The van der Waals surface area contributed by atoms with E-state index < -0.39 is 18.2 Å². The van der Waals surface area contributed by atoms with Crippen molar-refractivity contribution in [3.8, 4) is 0 Å². The van der Waals surface area contributed by atoms with Crippen molar-refractivity contribution in [2.75, 3.05) is 6.61 Å². The lowest BCUT2D eigenvalue weighted by molar-refractivity contribution is -0.145. The summed E-state index contributed by atoms with van der Waals surface area (Å²) in [5.74, 6) is -1.33. The molecule has 0 bridgehead atoms. The first-order valence-electron chi connectivity index (χ1n) is 3.27. The van der Waals surface area contributed by atoms with Crippen molar-refractivity contribution in [2.24, 2.45) is 11.7 Å². The van der Waals surface area contributed by atoms with Crippen LogP contribution in [0, 0.1) is 5.92 Å². The molecule has 1 fully saturated rings. The maximum Gasteiger partial charge on any atom is 0.225 e. The fourth-order valence-electron chi connectivity index (χ4n) is 1.02. The average Bonchev–Trinajstić information content (AvgIpc) is 1.88. The van der Waals surface area contributed by atoms with E-state index in [0.29, 0.717) is 19.4 Å². The topological polar surface area (TPSA) is 52.3 Å². The van der Waals surface area contributed by atoms with Crippen molar-refractivity contribution in [1.29, 1.82) is 0 Å². The fourth-order valence-corrected chi connectivity index (χ4v) is 1.02. The van der Waals surface area contributed by atoms with Crippen LogP contribution in [0.15, 0.2) is 0 Å². The van der Waals surface area contributed by atoms with Gasteiger partial charge in [-0.2, -0.15) is 0 Å². The standard InChI is InChI=1S/C6H10FNO2/c7-5-4(6(8)9)2-1-3-10-5/h4-5H,1-3H2,(H2,8,9). The predicted octanol–water partition coefficient (Wildman–Crippen LogP) is 0.194. The molecular formula is C6H10FNO2. The Kier molecular flexibility index (Phi) is 2.21. The fraction of sp³-hybridized carbons (Fsp3) is 0.833. The van der Waals surface area contributed by atoms with Crippen LogP contribution >= 0.6 is 0 Å². The first-order valence-corrected chi connectivity index (χ1v) is 3.27. The van der Waals surface area contributed by atoms with E-state index in [4.69, 9.17) is 5.73 Å². The largest absolute Gasteiger partial charge is 0.369 e. The van der Waals surface area contributed by atoms with Gasteiger partial charge in [0.05, 0.1) is 12.5 Å². The molecule has 0 aromatic rings. The summed E-state index contributed by atoms with van der Waals surface area (Å²) >= 11 is 0. The summed E-state index contributed by atoms with van der Waals surface area (Å²) < 4.78 is 17.2. The smallest absolute Gasteiger partial charge is 0.225 e. The van der Waals surface area contributed by atoms with E-state index in [0.717, 1.165) is 0 Å². The molecule has 2 N–H and O–H groups in total. The molecular weight excluding hydrogens is 137 g/mol. The van der Waals surface area contributed by atoms with E-state index in [2.05, 4.69) is 4.74 Å². The zero-order valence-corrected chi connectivity index (χ0v) is 5.55. The van der Waals surface area contributed by atoms with Gasteiger partial charge in [0, 0.05) is 0 Å². The van der Waals surface area contributed by atoms with Crippen LogP contribution in [0.2, 0.25) is 0 Å². The van der Waals surface area contributed by atoms with Gasteiger partial charge in [0.25, 0.3) is 0 Å². The van der Waals surface area contributed by atoms with Gasteiger partial charge in [0.1, 0.15) is 0 Å². The van der Waals surface area contributed by atoms with Crippen molar-refractivity contribution in [3.63, 3.8) is 0 Å². The van der Waals surface area contributed by atoms with Crippen molar-refractivity contribution >= 4 is 5.91 Å². The summed E-state index contributed by atoms with van der Waals surface area (Å²) in [6, 6.07) is 0. The monoisotopic (exact) mass is 147 g/mol. The third-order valence-corrected chi connectivity index (χ3v) is 1.62. The van der Waals surface area contributed by atoms with Crippen LogP contribution in [-0.2, 0) is 9.53 Å². The van der Waals surface area contributed by atoms with Crippen molar-refractivity contribution in [3.05, 3.63) is 0 Å². The van der Waals surface area contributed by atoms with Crippen LogP contribution < -0.4 is 5.73 Å². The zero-order chi connectivity index (χ0) is 7.56. The van der Waals surface area contributed by atoms with E-state index in [1.54, 1.807) is 0 Å². The summed E-state index contributed by atoms with van der Waals surface area (Å²) in [4.78, 5) is 10.5. The Morgan fingerprint density at radius 3 is 2.80 bits per heavy atom. The highest BCUT2D eigenvalue weighted by Gasteiger charge is 2.29. The number of carbonyl (C=O) groups excluding carboxylic acids is 1. The minimum atomic E-state index is -1.48. The van der Waals surface area contributed by atoms with Crippen LogP contribution in [0.25, 0.3) is 0 Å². The first kappa shape index (κ1) is 7.47. The summed E-state index contributed by atoms with van der Waals surface area (Å²) in [6.07, 6.45) is -0.254. The summed E-state index contributed by atoms with van der Waals surface area (Å²) in [7, 11) is 0. The molecule has 0 aliphatic carbocycles. The average molecular weight is 147 g/mol. The van der Waals surface area contributed by atoms with Crippen LogP contribution in [0.1, 0.15) is 12.8 Å². The molecule has 0 radical (unpaired) electrons. The Morgan fingerprint density at radius 2 is 2.40 bits per heavy atom. The quantitative estimate of drug-likeness (QED) is 0.575. The Hall–Kier alpha value is -0.640. The number of amides is 1. The van der Waals surface area contributed by atoms with E-state index in [9.17, 15) is 9.18 Å². The van der Waals surface area contributed by atoms with Gasteiger partial charge in [0.15, 0.2) is 0 Å². The van der Waals surface area contributed by atoms with Gasteiger partial charge in [-0.15, -0.1) is 0 Å². The number of ether oxygens (including phenoxy) is 1. The van der Waals surface area contributed by atoms with Gasteiger partial charge in [0.2, 0.25) is 12.3 Å². The minimum absolute atomic E-state index is 0.394. The summed E-state index contributed by atoms with van der Waals surface area (Å²) in [6.45, 7) is 0.394. The number of alkyl halides is 1. The molecule has 1 heterocycles. The predicted molar refractivity (Wildman–Crippen MR) is 32.8 cm³/mol. The number of nitrogens with two attached hydrogens (primary N) is 1.